The van der Waals surface area contributed by atoms with Crippen molar-refractivity contribution in [3.63, 3.8) is 0 Å². The monoisotopic (exact) mass is 473 g/mol. The van der Waals surface area contributed by atoms with Crippen LogP contribution in [-0.4, -0.2) is 33.8 Å². The van der Waals surface area contributed by atoms with E-state index < -0.39 is 0 Å². The van der Waals surface area contributed by atoms with Gasteiger partial charge in [0.1, 0.15) is 5.82 Å². The molecule has 0 heterocycles. The minimum Gasteiger partial charge on any atom is -0.493 e. The van der Waals surface area contributed by atoms with Crippen molar-refractivity contribution in [3.05, 3.63) is 59.4 Å². The third-order valence-corrected chi connectivity index (χ3v) is 3.77. The van der Waals surface area contributed by atoms with E-state index in [1.165, 1.54) is 12.1 Å². The molecule has 2 aromatic carbocycles. The lowest BCUT2D eigenvalue weighted by molar-refractivity contribution is 0.351. The minimum atomic E-state index is -0.221. The van der Waals surface area contributed by atoms with E-state index in [0.717, 1.165) is 17.5 Å². The fourth-order valence-corrected chi connectivity index (χ4v) is 2.47. The second-order valence-corrected chi connectivity index (χ2v) is 5.38. The topological polar surface area (TPSA) is 54.9 Å². The third-order valence-electron chi connectivity index (χ3n) is 3.77. The summed E-state index contributed by atoms with van der Waals surface area (Å²) in [5.74, 6) is 1.87. The molecule has 7 heteroatoms. The van der Waals surface area contributed by atoms with Gasteiger partial charge in [0.2, 0.25) is 0 Å². The van der Waals surface area contributed by atoms with E-state index >= 15 is 0 Å². The molecule has 0 fully saturated rings. The molecule has 2 aromatic rings. The number of benzene rings is 2. The lowest BCUT2D eigenvalue weighted by Gasteiger charge is -2.15. The number of aliphatic imine (C=N–C) groups is 1. The Bertz CT molecular complexity index is 708. The zero-order valence-electron chi connectivity index (χ0n) is 15.2. The highest BCUT2D eigenvalue weighted by molar-refractivity contribution is 14.0. The Morgan fingerprint density at radius 3 is 2.38 bits per heavy atom. The zero-order chi connectivity index (χ0) is 18.1. The van der Waals surface area contributed by atoms with Gasteiger partial charge in [0.15, 0.2) is 17.5 Å². The highest BCUT2D eigenvalue weighted by Gasteiger charge is 2.09. The second-order valence-electron chi connectivity index (χ2n) is 5.38. The number of nitrogens with one attached hydrogen (secondary N) is 2. The molecule has 0 aromatic heterocycles. The molecule has 0 amide bonds. The molecule has 0 unspecified atom stereocenters. The molecule has 5 nitrogen and oxygen atoms in total. The number of hydrogen-bond donors (Lipinski definition) is 2. The summed E-state index contributed by atoms with van der Waals surface area (Å²) in [7, 11) is 4.96. The average Bonchev–Trinajstić information content (AvgIpc) is 2.65. The first kappa shape index (κ1) is 22.0. The Morgan fingerprint density at radius 2 is 1.77 bits per heavy atom. The number of hydrogen-bond acceptors (Lipinski definition) is 3. The van der Waals surface area contributed by atoms with Gasteiger partial charge in [-0.2, -0.15) is 0 Å². The van der Waals surface area contributed by atoms with E-state index in [1.54, 1.807) is 33.4 Å². The van der Waals surface area contributed by atoms with Crippen LogP contribution < -0.4 is 20.1 Å². The number of halogens is 2. The molecule has 26 heavy (non-hydrogen) atoms. The summed E-state index contributed by atoms with van der Waals surface area (Å²) in [4.78, 5) is 4.21. The van der Waals surface area contributed by atoms with Crippen molar-refractivity contribution >= 4 is 29.9 Å². The van der Waals surface area contributed by atoms with E-state index in [4.69, 9.17) is 9.47 Å². The summed E-state index contributed by atoms with van der Waals surface area (Å²) in [5, 5.41) is 6.49. The van der Waals surface area contributed by atoms with E-state index in [-0.39, 0.29) is 29.8 Å². The fraction of sp³-hybridized carbons (Fsp3) is 0.316. The predicted octanol–water partition coefficient (Wildman–Crippen LogP) is 3.37. The number of guanidine groups is 1. The van der Waals surface area contributed by atoms with Gasteiger partial charge in [-0.3, -0.25) is 4.99 Å². The highest BCUT2D eigenvalue weighted by Crippen LogP contribution is 2.30. The first-order valence-corrected chi connectivity index (χ1v) is 8.06. The van der Waals surface area contributed by atoms with Crippen LogP contribution in [0.5, 0.6) is 11.5 Å². The number of methoxy groups -OCH3 is 2. The van der Waals surface area contributed by atoms with Gasteiger partial charge in [-0.1, -0.05) is 24.3 Å². The van der Waals surface area contributed by atoms with Crippen LogP contribution in [0.25, 0.3) is 0 Å². The Labute approximate surface area is 171 Å². The van der Waals surface area contributed by atoms with Gasteiger partial charge in [0.25, 0.3) is 0 Å². The molecule has 0 bridgehead atoms. The Balaban J connectivity index is 0.00000338. The highest BCUT2D eigenvalue weighted by atomic mass is 127. The molecular weight excluding hydrogens is 448 g/mol. The second kappa shape index (κ2) is 11.6. The summed E-state index contributed by atoms with van der Waals surface area (Å²) in [6.07, 6.45) is 0.781. The minimum absolute atomic E-state index is 0. The third kappa shape index (κ3) is 6.36. The maximum Gasteiger partial charge on any atom is 0.191 e. The van der Waals surface area contributed by atoms with Crippen LogP contribution in [0.15, 0.2) is 47.5 Å². The van der Waals surface area contributed by atoms with Crippen molar-refractivity contribution < 1.29 is 13.9 Å². The summed E-state index contributed by atoms with van der Waals surface area (Å²) >= 11 is 0. The van der Waals surface area contributed by atoms with Crippen molar-refractivity contribution in [1.29, 1.82) is 0 Å². The molecular formula is C19H25FIN3O2. The first-order chi connectivity index (χ1) is 12.2. The maximum absolute atomic E-state index is 12.9. The van der Waals surface area contributed by atoms with Crippen LogP contribution in [0, 0.1) is 5.82 Å². The van der Waals surface area contributed by atoms with Crippen LogP contribution in [0.3, 0.4) is 0 Å². The van der Waals surface area contributed by atoms with Gasteiger partial charge in [-0.05, 0) is 30.2 Å². The Hall–Kier alpha value is -2.03. The molecule has 0 aliphatic carbocycles. The molecule has 0 saturated carbocycles. The molecule has 0 atom stereocenters. The van der Waals surface area contributed by atoms with Crippen LogP contribution in [0.1, 0.15) is 11.1 Å². The molecule has 2 N–H and O–H groups in total. The van der Waals surface area contributed by atoms with E-state index in [0.29, 0.717) is 30.5 Å². The van der Waals surface area contributed by atoms with Crippen LogP contribution in [0.4, 0.5) is 4.39 Å². The van der Waals surface area contributed by atoms with Crippen LogP contribution >= 0.6 is 24.0 Å². The number of para-hydroxylation sites is 1. The molecule has 0 saturated heterocycles. The molecule has 0 aliphatic rings. The Morgan fingerprint density at radius 1 is 1.04 bits per heavy atom. The van der Waals surface area contributed by atoms with E-state index in [1.807, 2.05) is 18.2 Å². The number of rotatable bonds is 7. The Kier molecular flexibility index (Phi) is 9.79. The van der Waals surface area contributed by atoms with Crippen LogP contribution in [-0.2, 0) is 13.0 Å². The number of ether oxygens (including phenoxy) is 2. The quantitative estimate of drug-likeness (QED) is 0.368. The smallest absolute Gasteiger partial charge is 0.191 e. The van der Waals surface area contributed by atoms with Crippen molar-refractivity contribution in [2.75, 3.05) is 27.8 Å². The summed E-state index contributed by atoms with van der Waals surface area (Å²) in [6.45, 7) is 1.25. The van der Waals surface area contributed by atoms with Crippen molar-refractivity contribution in [3.8, 4) is 11.5 Å². The fourth-order valence-electron chi connectivity index (χ4n) is 2.47. The van der Waals surface area contributed by atoms with E-state index in [9.17, 15) is 4.39 Å². The summed E-state index contributed by atoms with van der Waals surface area (Å²) < 4.78 is 23.6. The van der Waals surface area contributed by atoms with Crippen molar-refractivity contribution in [2.24, 2.45) is 4.99 Å². The lowest BCUT2D eigenvalue weighted by atomic mass is 10.1. The lowest BCUT2D eigenvalue weighted by Crippen LogP contribution is -2.37. The van der Waals surface area contributed by atoms with Crippen molar-refractivity contribution in [1.82, 2.24) is 10.6 Å². The first-order valence-electron chi connectivity index (χ1n) is 8.06. The van der Waals surface area contributed by atoms with Gasteiger partial charge in [0, 0.05) is 25.7 Å². The van der Waals surface area contributed by atoms with Gasteiger partial charge in [0.05, 0.1) is 14.2 Å². The summed E-state index contributed by atoms with van der Waals surface area (Å²) in [5.41, 5.74) is 2.04. The number of nitrogens with zero attached hydrogens (tertiary/aromatic N) is 1. The zero-order valence-corrected chi connectivity index (χ0v) is 17.5. The van der Waals surface area contributed by atoms with Gasteiger partial charge in [-0.15, -0.1) is 24.0 Å². The molecule has 0 aliphatic heterocycles. The predicted molar refractivity (Wildman–Crippen MR) is 113 cm³/mol. The maximum atomic E-state index is 12.9. The largest absolute Gasteiger partial charge is 0.493 e. The molecule has 0 radical (unpaired) electrons. The summed E-state index contributed by atoms with van der Waals surface area (Å²) in [6, 6.07) is 12.3. The van der Waals surface area contributed by atoms with E-state index in [2.05, 4.69) is 15.6 Å². The SMILES string of the molecule is CN=C(NCCc1ccc(F)cc1)NCc1cccc(OC)c1OC.I. The normalized spacial score (nSPS) is 10.7. The van der Waals surface area contributed by atoms with Crippen LogP contribution in [0.2, 0.25) is 0 Å². The standard InChI is InChI=1S/C19H24FN3O2.HI/c1-21-19(22-12-11-14-7-9-16(20)10-8-14)23-13-15-5-4-6-17(24-2)18(15)25-3;/h4-10H,11-13H2,1-3H3,(H2,21,22,23);1H. The molecule has 0 spiro atoms. The molecule has 142 valence electrons. The van der Waals surface area contributed by atoms with Gasteiger partial charge in [-0.25, -0.2) is 4.39 Å². The van der Waals surface area contributed by atoms with Crippen molar-refractivity contribution in [2.45, 2.75) is 13.0 Å². The van der Waals surface area contributed by atoms with Gasteiger partial charge < -0.3 is 20.1 Å². The average molecular weight is 473 g/mol. The molecule has 2 rings (SSSR count). The van der Waals surface area contributed by atoms with Gasteiger partial charge >= 0.3 is 0 Å².